The predicted molar refractivity (Wildman–Crippen MR) is 65.2 cm³/mol. The van der Waals surface area contributed by atoms with Gasteiger partial charge in [-0.25, -0.2) is 4.98 Å². The van der Waals surface area contributed by atoms with E-state index in [1.807, 2.05) is 0 Å². The zero-order chi connectivity index (χ0) is 13.1. The Morgan fingerprint density at radius 3 is 3.00 bits per heavy atom. The van der Waals surface area contributed by atoms with Crippen LogP contribution in [0.25, 0.3) is 0 Å². The van der Waals surface area contributed by atoms with E-state index in [0.717, 1.165) is 25.5 Å². The van der Waals surface area contributed by atoms with Gasteiger partial charge in [0.1, 0.15) is 6.20 Å². The van der Waals surface area contributed by atoms with Crippen molar-refractivity contribution in [3.63, 3.8) is 0 Å². The van der Waals surface area contributed by atoms with Crippen molar-refractivity contribution in [2.75, 3.05) is 18.2 Å². The molecule has 1 aromatic heterocycles. The summed E-state index contributed by atoms with van der Waals surface area (Å²) >= 11 is 0. The molecule has 0 saturated heterocycles. The second kappa shape index (κ2) is 5.13. The smallest absolute Gasteiger partial charge is 0.329 e. The van der Waals surface area contributed by atoms with Crippen LogP contribution < -0.4 is 11.1 Å². The van der Waals surface area contributed by atoms with Gasteiger partial charge in [-0.05, 0) is 19.3 Å². The third-order valence-corrected chi connectivity index (χ3v) is 3.04. The van der Waals surface area contributed by atoms with E-state index in [2.05, 4.69) is 15.3 Å². The molecule has 0 bridgehead atoms. The van der Waals surface area contributed by atoms with Crippen LogP contribution in [0.15, 0.2) is 6.20 Å². The lowest BCUT2D eigenvalue weighted by molar-refractivity contribution is -0.384. The highest BCUT2D eigenvalue weighted by Crippen LogP contribution is 2.28. The molecule has 0 aromatic carbocycles. The highest BCUT2D eigenvalue weighted by atomic mass is 16.6. The maximum atomic E-state index is 10.8. The highest BCUT2D eigenvalue weighted by molar-refractivity contribution is 5.56. The molecule has 2 unspecified atom stereocenters. The van der Waals surface area contributed by atoms with Crippen molar-refractivity contribution in [3.05, 3.63) is 16.3 Å². The minimum atomic E-state index is -0.523. The maximum Gasteiger partial charge on any atom is 0.329 e. The van der Waals surface area contributed by atoms with Crippen LogP contribution in [0, 0.1) is 10.1 Å². The van der Waals surface area contributed by atoms with E-state index in [1.54, 1.807) is 7.11 Å². The van der Waals surface area contributed by atoms with E-state index in [9.17, 15) is 10.1 Å². The first-order valence-corrected chi connectivity index (χ1v) is 5.66. The maximum absolute atomic E-state index is 10.8. The molecule has 98 valence electrons. The molecule has 0 amide bonds. The summed E-state index contributed by atoms with van der Waals surface area (Å²) in [5.74, 6) is 0.193. The number of hydrogen-bond donors (Lipinski definition) is 2. The largest absolute Gasteiger partial charge is 0.381 e. The predicted octanol–water partition coefficient (Wildman–Crippen LogP) is 0.946. The van der Waals surface area contributed by atoms with Crippen molar-refractivity contribution in [1.29, 1.82) is 0 Å². The molecule has 0 spiro atoms. The number of ether oxygens (including phenoxy) is 1. The number of nitrogens with one attached hydrogen (secondary N) is 1. The van der Waals surface area contributed by atoms with Gasteiger partial charge in [0.25, 0.3) is 0 Å². The molecule has 0 aliphatic heterocycles. The van der Waals surface area contributed by atoms with Crippen molar-refractivity contribution in [1.82, 2.24) is 9.97 Å². The summed E-state index contributed by atoms with van der Waals surface area (Å²) < 4.78 is 5.25. The van der Waals surface area contributed by atoms with E-state index in [-0.39, 0.29) is 29.6 Å². The van der Waals surface area contributed by atoms with Crippen LogP contribution >= 0.6 is 0 Å². The van der Waals surface area contributed by atoms with E-state index < -0.39 is 4.92 Å². The number of methoxy groups -OCH3 is 1. The van der Waals surface area contributed by atoms with Crippen LogP contribution in [0.2, 0.25) is 0 Å². The van der Waals surface area contributed by atoms with Gasteiger partial charge in [0, 0.05) is 13.2 Å². The molecular formula is C10H15N5O3. The Morgan fingerprint density at radius 2 is 2.39 bits per heavy atom. The minimum absolute atomic E-state index is 0.0180. The van der Waals surface area contributed by atoms with Crippen molar-refractivity contribution < 1.29 is 9.66 Å². The quantitative estimate of drug-likeness (QED) is 0.606. The number of nitrogens with two attached hydrogens (primary N) is 1. The molecule has 2 rings (SSSR count). The fourth-order valence-electron chi connectivity index (χ4n) is 2.11. The lowest BCUT2D eigenvalue weighted by Gasteiger charge is -2.13. The number of anilines is 2. The summed E-state index contributed by atoms with van der Waals surface area (Å²) in [5, 5.41) is 13.9. The Bertz CT molecular complexity index is 453. The first-order valence-electron chi connectivity index (χ1n) is 5.66. The zero-order valence-electron chi connectivity index (χ0n) is 10.00. The average Bonchev–Trinajstić information content (AvgIpc) is 2.76. The number of nitro groups is 1. The van der Waals surface area contributed by atoms with Crippen molar-refractivity contribution in [2.24, 2.45) is 0 Å². The van der Waals surface area contributed by atoms with Crippen LogP contribution in [-0.4, -0.2) is 34.1 Å². The average molecular weight is 253 g/mol. The molecule has 1 heterocycles. The topological polar surface area (TPSA) is 116 Å². The van der Waals surface area contributed by atoms with Crippen LogP contribution in [-0.2, 0) is 4.74 Å². The number of hydrogen-bond acceptors (Lipinski definition) is 7. The van der Waals surface area contributed by atoms with Gasteiger partial charge >= 0.3 is 5.69 Å². The molecule has 1 fully saturated rings. The lowest BCUT2D eigenvalue weighted by Crippen LogP contribution is -2.19. The van der Waals surface area contributed by atoms with Crippen molar-refractivity contribution in [2.45, 2.75) is 31.4 Å². The molecule has 1 aromatic rings. The van der Waals surface area contributed by atoms with Gasteiger partial charge in [0.05, 0.1) is 11.0 Å². The highest BCUT2D eigenvalue weighted by Gasteiger charge is 2.27. The fourth-order valence-corrected chi connectivity index (χ4v) is 2.11. The SMILES string of the molecule is COC1CCC(Nc2nc(N)ncc2[N+](=O)[O-])C1. The van der Waals surface area contributed by atoms with Crippen molar-refractivity contribution in [3.8, 4) is 0 Å². The molecule has 3 N–H and O–H groups in total. The van der Waals surface area contributed by atoms with Crippen LogP contribution in [0.5, 0.6) is 0 Å². The first kappa shape index (κ1) is 12.5. The van der Waals surface area contributed by atoms with Gasteiger partial charge in [-0.2, -0.15) is 4.98 Å². The number of aromatic nitrogens is 2. The number of nitrogens with zero attached hydrogens (tertiary/aromatic N) is 3. The number of nitrogen functional groups attached to an aromatic ring is 1. The molecule has 18 heavy (non-hydrogen) atoms. The van der Waals surface area contributed by atoms with Gasteiger partial charge in [0.15, 0.2) is 0 Å². The van der Waals surface area contributed by atoms with E-state index in [1.165, 1.54) is 0 Å². The third-order valence-electron chi connectivity index (χ3n) is 3.04. The first-order chi connectivity index (χ1) is 8.60. The van der Waals surface area contributed by atoms with Crippen LogP contribution in [0.4, 0.5) is 17.5 Å². The summed E-state index contributed by atoms with van der Waals surface area (Å²) in [5.41, 5.74) is 5.28. The summed E-state index contributed by atoms with van der Waals surface area (Å²) in [6.07, 6.45) is 3.94. The summed E-state index contributed by atoms with van der Waals surface area (Å²) in [6, 6.07) is 0.114. The fraction of sp³-hybridized carbons (Fsp3) is 0.600. The van der Waals surface area contributed by atoms with Crippen LogP contribution in [0.1, 0.15) is 19.3 Å². The van der Waals surface area contributed by atoms with Crippen LogP contribution in [0.3, 0.4) is 0 Å². The molecule has 1 saturated carbocycles. The zero-order valence-corrected chi connectivity index (χ0v) is 10.00. The molecule has 8 heteroatoms. The van der Waals surface area contributed by atoms with Gasteiger partial charge in [-0.15, -0.1) is 0 Å². The van der Waals surface area contributed by atoms with Gasteiger partial charge in [-0.3, -0.25) is 10.1 Å². The second-order valence-electron chi connectivity index (χ2n) is 4.23. The molecular weight excluding hydrogens is 238 g/mol. The minimum Gasteiger partial charge on any atom is -0.381 e. The Labute approximate surface area is 104 Å². The van der Waals surface area contributed by atoms with E-state index >= 15 is 0 Å². The Hall–Kier alpha value is -1.96. The van der Waals surface area contributed by atoms with Gasteiger partial charge < -0.3 is 15.8 Å². The Kier molecular flexibility index (Phi) is 3.56. The standard InChI is InChI=1S/C10H15N5O3/c1-18-7-3-2-6(4-7)13-9-8(15(16)17)5-12-10(11)14-9/h5-7H,2-4H2,1H3,(H3,11,12,13,14). The summed E-state index contributed by atoms with van der Waals surface area (Å²) in [6.45, 7) is 0. The third kappa shape index (κ3) is 2.65. The Morgan fingerprint density at radius 1 is 1.61 bits per heavy atom. The molecule has 0 radical (unpaired) electrons. The number of rotatable bonds is 4. The summed E-state index contributed by atoms with van der Waals surface area (Å²) in [4.78, 5) is 17.8. The normalized spacial score (nSPS) is 22.9. The van der Waals surface area contributed by atoms with E-state index in [4.69, 9.17) is 10.5 Å². The van der Waals surface area contributed by atoms with E-state index in [0.29, 0.717) is 0 Å². The molecule has 8 nitrogen and oxygen atoms in total. The van der Waals surface area contributed by atoms with Gasteiger partial charge in [0.2, 0.25) is 11.8 Å². The Balaban J connectivity index is 2.13. The summed E-state index contributed by atoms with van der Waals surface area (Å²) in [7, 11) is 1.66. The second-order valence-corrected chi connectivity index (χ2v) is 4.23. The van der Waals surface area contributed by atoms with Crippen molar-refractivity contribution >= 4 is 17.5 Å². The lowest BCUT2D eigenvalue weighted by atomic mass is 10.2. The molecule has 1 aliphatic rings. The van der Waals surface area contributed by atoms with Gasteiger partial charge in [-0.1, -0.05) is 0 Å². The monoisotopic (exact) mass is 253 g/mol. The molecule has 1 aliphatic carbocycles. The molecule has 2 atom stereocenters.